The summed E-state index contributed by atoms with van der Waals surface area (Å²) in [5, 5.41) is 13.8. The Kier molecular flexibility index (Phi) is 3.86. The minimum atomic E-state index is -0.552. The van der Waals surface area contributed by atoms with Gasteiger partial charge in [-0.15, -0.1) is 0 Å². The molecule has 0 bridgehead atoms. The summed E-state index contributed by atoms with van der Waals surface area (Å²) in [5.74, 6) is 0.845. The fourth-order valence-corrected chi connectivity index (χ4v) is 1.84. The standard InChI is InChI=1S/C12H16ClN3O/c1-16-7-6-14-12(16)15-8-11(17)9-2-4-10(13)5-3-9/h2-5,11,17H,6-8H2,1H3,(H,14,15). The summed E-state index contributed by atoms with van der Waals surface area (Å²) in [5.41, 5.74) is 0.850. The van der Waals surface area contributed by atoms with Crippen LogP contribution >= 0.6 is 11.6 Å². The highest BCUT2D eigenvalue weighted by atomic mass is 35.5. The molecule has 1 unspecified atom stereocenters. The number of aliphatic hydroxyl groups excluding tert-OH is 1. The number of aliphatic hydroxyl groups is 1. The second-order valence-corrected chi connectivity index (χ2v) is 4.51. The van der Waals surface area contributed by atoms with Crippen molar-refractivity contribution in [1.82, 2.24) is 10.2 Å². The highest BCUT2D eigenvalue weighted by Crippen LogP contribution is 2.15. The fourth-order valence-electron chi connectivity index (χ4n) is 1.71. The van der Waals surface area contributed by atoms with Gasteiger partial charge < -0.3 is 15.3 Å². The zero-order valence-electron chi connectivity index (χ0n) is 9.73. The van der Waals surface area contributed by atoms with E-state index in [1.165, 1.54) is 0 Å². The first kappa shape index (κ1) is 12.2. The Morgan fingerprint density at radius 3 is 2.76 bits per heavy atom. The molecule has 0 amide bonds. The highest BCUT2D eigenvalue weighted by molar-refractivity contribution is 6.30. The van der Waals surface area contributed by atoms with Crippen LogP contribution < -0.4 is 5.32 Å². The predicted octanol–water partition coefficient (Wildman–Crippen LogP) is 1.26. The Labute approximate surface area is 106 Å². The molecule has 5 heteroatoms. The van der Waals surface area contributed by atoms with Crippen molar-refractivity contribution in [2.24, 2.45) is 4.99 Å². The number of guanidine groups is 1. The lowest BCUT2D eigenvalue weighted by Gasteiger charge is -2.18. The quantitative estimate of drug-likeness (QED) is 0.853. The van der Waals surface area contributed by atoms with E-state index in [1.807, 2.05) is 24.1 Å². The van der Waals surface area contributed by atoms with E-state index in [-0.39, 0.29) is 0 Å². The minimum absolute atomic E-state index is 0.449. The average molecular weight is 254 g/mol. The smallest absolute Gasteiger partial charge is 0.193 e. The molecule has 92 valence electrons. The summed E-state index contributed by atoms with van der Waals surface area (Å²) >= 11 is 5.79. The second kappa shape index (κ2) is 5.38. The molecule has 2 rings (SSSR count). The molecular formula is C12H16ClN3O. The van der Waals surface area contributed by atoms with Crippen LogP contribution in [0.15, 0.2) is 29.3 Å². The Bertz CT molecular complexity index is 405. The molecule has 0 fully saturated rings. The normalized spacial score (nSPS) is 16.9. The minimum Gasteiger partial charge on any atom is -0.387 e. The molecule has 0 spiro atoms. The summed E-state index contributed by atoms with van der Waals surface area (Å²) in [4.78, 5) is 6.33. The van der Waals surface area contributed by atoms with Gasteiger partial charge in [0.2, 0.25) is 0 Å². The van der Waals surface area contributed by atoms with Gasteiger partial charge in [-0.05, 0) is 17.7 Å². The molecule has 1 aromatic carbocycles. The maximum atomic E-state index is 9.98. The molecule has 0 saturated carbocycles. The van der Waals surface area contributed by atoms with Crippen LogP contribution in [0.5, 0.6) is 0 Å². The second-order valence-electron chi connectivity index (χ2n) is 4.08. The number of benzene rings is 1. The molecule has 0 aromatic heterocycles. The molecule has 4 nitrogen and oxygen atoms in total. The third-order valence-electron chi connectivity index (χ3n) is 2.77. The monoisotopic (exact) mass is 253 g/mol. The van der Waals surface area contributed by atoms with Crippen LogP contribution in [-0.2, 0) is 0 Å². The van der Waals surface area contributed by atoms with Gasteiger partial charge in [-0.1, -0.05) is 23.7 Å². The first-order chi connectivity index (χ1) is 8.16. The van der Waals surface area contributed by atoms with Gasteiger partial charge in [0.05, 0.1) is 12.6 Å². The third-order valence-corrected chi connectivity index (χ3v) is 3.02. The van der Waals surface area contributed by atoms with Crippen LogP contribution in [-0.4, -0.2) is 42.6 Å². The van der Waals surface area contributed by atoms with Gasteiger partial charge in [-0.25, -0.2) is 0 Å². The Morgan fingerprint density at radius 2 is 2.18 bits per heavy atom. The predicted molar refractivity (Wildman–Crippen MR) is 69.3 cm³/mol. The molecule has 1 aromatic rings. The summed E-state index contributed by atoms with van der Waals surface area (Å²) in [6.07, 6.45) is -0.552. The number of halogens is 1. The molecule has 0 aliphatic carbocycles. The topological polar surface area (TPSA) is 47.9 Å². The summed E-state index contributed by atoms with van der Waals surface area (Å²) in [7, 11) is 1.98. The van der Waals surface area contributed by atoms with E-state index in [4.69, 9.17) is 11.6 Å². The number of hydrogen-bond donors (Lipinski definition) is 2. The van der Waals surface area contributed by atoms with E-state index in [9.17, 15) is 5.11 Å². The van der Waals surface area contributed by atoms with E-state index < -0.39 is 6.10 Å². The largest absolute Gasteiger partial charge is 0.387 e. The number of rotatable bonds is 3. The van der Waals surface area contributed by atoms with E-state index in [2.05, 4.69) is 10.3 Å². The van der Waals surface area contributed by atoms with E-state index in [1.54, 1.807) is 12.1 Å². The van der Waals surface area contributed by atoms with Crippen LogP contribution in [0.25, 0.3) is 0 Å². The van der Waals surface area contributed by atoms with Crippen molar-refractivity contribution in [3.05, 3.63) is 34.9 Å². The first-order valence-corrected chi connectivity index (χ1v) is 5.97. The number of nitrogens with zero attached hydrogens (tertiary/aromatic N) is 2. The Balaban J connectivity index is 1.89. The average Bonchev–Trinajstić information content (AvgIpc) is 2.73. The van der Waals surface area contributed by atoms with E-state index in [0.29, 0.717) is 11.6 Å². The van der Waals surface area contributed by atoms with Gasteiger partial charge in [0.25, 0.3) is 0 Å². The molecule has 1 heterocycles. The van der Waals surface area contributed by atoms with Crippen LogP contribution in [0, 0.1) is 0 Å². The molecular weight excluding hydrogens is 238 g/mol. The summed E-state index contributed by atoms with van der Waals surface area (Å²) in [6.45, 7) is 2.19. The SMILES string of the molecule is CN1CCN=C1NCC(O)c1ccc(Cl)cc1. The van der Waals surface area contributed by atoms with Crippen LogP contribution in [0.1, 0.15) is 11.7 Å². The van der Waals surface area contributed by atoms with Gasteiger partial charge >= 0.3 is 0 Å². The number of likely N-dealkylation sites (N-methyl/N-ethyl adjacent to an activating group) is 1. The fraction of sp³-hybridized carbons (Fsp3) is 0.417. The molecule has 0 radical (unpaired) electrons. The van der Waals surface area contributed by atoms with Crippen molar-refractivity contribution < 1.29 is 5.11 Å². The van der Waals surface area contributed by atoms with Crippen molar-refractivity contribution in [1.29, 1.82) is 0 Å². The zero-order chi connectivity index (χ0) is 12.3. The Morgan fingerprint density at radius 1 is 1.47 bits per heavy atom. The Hall–Kier alpha value is -1.26. The molecule has 0 saturated heterocycles. The summed E-state index contributed by atoms with van der Waals surface area (Å²) in [6, 6.07) is 7.21. The van der Waals surface area contributed by atoms with Gasteiger partial charge in [-0.2, -0.15) is 0 Å². The lowest BCUT2D eigenvalue weighted by atomic mass is 10.1. The molecule has 1 aliphatic rings. The summed E-state index contributed by atoms with van der Waals surface area (Å²) < 4.78 is 0. The van der Waals surface area contributed by atoms with Crippen molar-refractivity contribution in [2.75, 3.05) is 26.7 Å². The third kappa shape index (κ3) is 3.11. The van der Waals surface area contributed by atoms with Crippen molar-refractivity contribution in [2.45, 2.75) is 6.10 Å². The maximum Gasteiger partial charge on any atom is 0.193 e. The van der Waals surface area contributed by atoms with Crippen LogP contribution in [0.4, 0.5) is 0 Å². The maximum absolute atomic E-state index is 9.98. The molecule has 1 atom stereocenters. The van der Waals surface area contributed by atoms with Crippen molar-refractivity contribution >= 4 is 17.6 Å². The first-order valence-electron chi connectivity index (χ1n) is 5.60. The lowest BCUT2D eigenvalue weighted by molar-refractivity contribution is 0.180. The van der Waals surface area contributed by atoms with Crippen molar-refractivity contribution in [3.63, 3.8) is 0 Å². The molecule has 1 aliphatic heterocycles. The van der Waals surface area contributed by atoms with Gasteiger partial charge in [0.15, 0.2) is 5.96 Å². The number of nitrogens with one attached hydrogen (secondary N) is 1. The van der Waals surface area contributed by atoms with Gasteiger partial charge in [-0.3, -0.25) is 4.99 Å². The van der Waals surface area contributed by atoms with Gasteiger partial charge in [0.1, 0.15) is 0 Å². The van der Waals surface area contributed by atoms with Crippen molar-refractivity contribution in [3.8, 4) is 0 Å². The molecule has 2 N–H and O–H groups in total. The lowest BCUT2D eigenvalue weighted by Crippen LogP contribution is -2.37. The van der Waals surface area contributed by atoms with E-state index in [0.717, 1.165) is 24.6 Å². The van der Waals surface area contributed by atoms with Crippen LogP contribution in [0.3, 0.4) is 0 Å². The number of aliphatic imine (C=N–C) groups is 1. The molecule has 17 heavy (non-hydrogen) atoms. The van der Waals surface area contributed by atoms with E-state index >= 15 is 0 Å². The number of hydrogen-bond acceptors (Lipinski definition) is 4. The van der Waals surface area contributed by atoms with Gasteiger partial charge in [0, 0.05) is 25.2 Å². The zero-order valence-corrected chi connectivity index (χ0v) is 10.5. The van der Waals surface area contributed by atoms with Crippen LogP contribution in [0.2, 0.25) is 5.02 Å². The highest BCUT2D eigenvalue weighted by Gasteiger charge is 2.14.